The number of fused-ring (bicyclic) bond motifs is 1. The number of alkyl carbamates (subject to hydrolysis) is 1. The molecule has 0 atom stereocenters. The van der Waals surface area contributed by atoms with Crippen LogP contribution in [0.4, 0.5) is 10.7 Å². The molecule has 0 spiro atoms. The van der Waals surface area contributed by atoms with Crippen molar-refractivity contribution in [3.8, 4) is 17.0 Å². The average molecular weight is 492 g/mol. The van der Waals surface area contributed by atoms with Gasteiger partial charge in [-0.05, 0) is 95.2 Å². The van der Waals surface area contributed by atoms with Gasteiger partial charge in [-0.1, -0.05) is 6.92 Å². The third-order valence-corrected chi connectivity index (χ3v) is 6.43. The molecule has 192 valence electrons. The van der Waals surface area contributed by atoms with Crippen molar-refractivity contribution in [1.82, 2.24) is 20.3 Å². The van der Waals surface area contributed by atoms with E-state index in [2.05, 4.69) is 39.7 Å². The fourth-order valence-electron chi connectivity index (χ4n) is 4.66. The number of nitrogens with zero attached hydrogens (tertiary/aromatic N) is 3. The highest BCUT2D eigenvalue weighted by Crippen LogP contribution is 2.33. The number of carbonyl (C=O) groups is 1. The van der Waals surface area contributed by atoms with E-state index in [1.54, 1.807) is 7.11 Å². The summed E-state index contributed by atoms with van der Waals surface area (Å²) in [6.45, 7) is 9.71. The van der Waals surface area contributed by atoms with E-state index >= 15 is 0 Å². The molecule has 0 aliphatic heterocycles. The number of methoxy groups -OCH3 is 1. The first-order chi connectivity index (χ1) is 17.1. The number of aryl methyl sites for hydroxylation is 2. The van der Waals surface area contributed by atoms with E-state index in [1.807, 2.05) is 46.0 Å². The average Bonchev–Trinajstić information content (AvgIpc) is 2.83. The molecule has 2 N–H and O–H groups in total. The lowest BCUT2D eigenvalue weighted by Gasteiger charge is -2.30. The summed E-state index contributed by atoms with van der Waals surface area (Å²) in [6.07, 6.45) is 6.04. The zero-order valence-electron chi connectivity index (χ0n) is 22.1. The van der Waals surface area contributed by atoms with Gasteiger partial charge >= 0.3 is 6.09 Å². The Kier molecular flexibility index (Phi) is 7.62. The largest absolute Gasteiger partial charge is 0.481 e. The molecule has 4 rings (SSSR count). The van der Waals surface area contributed by atoms with Crippen LogP contribution in [0.5, 0.6) is 5.88 Å². The lowest BCUT2D eigenvalue weighted by molar-refractivity contribution is 0.0492. The Labute approximate surface area is 213 Å². The SMILES string of the molecule is CCc1cc(-c2ccc(C)nc2OC)cc2cnc(N[C@H]3CC[C@H](NC(=O)OC(C)(C)C)CC3)nc12. The number of hydrogen-bond acceptors (Lipinski definition) is 7. The third-order valence-electron chi connectivity index (χ3n) is 6.43. The number of hydrogen-bond donors (Lipinski definition) is 2. The summed E-state index contributed by atoms with van der Waals surface area (Å²) in [5.41, 5.74) is 4.54. The van der Waals surface area contributed by atoms with Gasteiger partial charge in [-0.25, -0.2) is 19.7 Å². The number of anilines is 1. The maximum absolute atomic E-state index is 12.1. The third kappa shape index (κ3) is 6.22. The van der Waals surface area contributed by atoms with Gasteiger partial charge in [0.2, 0.25) is 11.8 Å². The summed E-state index contributed by atoms with van der Waals surface area (Å²) >= 11 is 0. The molecule has 0 bridgehead atoms. The summed E-state index contributed by atoms with van der Waals surface area (Å²) in [5.74, 6) is 1.26. The first-order valence-electron chi connectivity index (χ1n) is 12.7. The molecule has 1 aliphatic rings. The molecular formula is C28H37N5O3. The zero-order chi connectivity index (χ0) is 25.9. The van der Waals surface area contributed by atoms with E-state index in [0.29, 0.717) is 11.8 Å². The molecule has 1 aliphatic carbocycles. The van der Waals surface area contributed by atoms with Gasteiger partial charge in [-0.2, -0.15) is 0 Å². The highest BCUT2D eigenvalue weighted by Gasteiger charge is 2.25. The number of benzene rings is 1. The number of nitrogens with one attached hydrogen (secondary N) is 2. The molecule has 8 nitrogen and oxygen atoms in total. The van der Waals surface area contributed by atoms with Crippen LogP contribution in [0.2, 0.25) is 0 Å². The number of carbonyl (C=O) groups excluding carboxylic acids is 1. The number of amides is 1. The van der Waals surface area contributed by atoms with E-state index in [0.717, 1.165) is 65.4 Å². The Morgan fingerprint density at radius 2 is 1.81 bits per heavy atom. The van der Waals surface area contributed by atoms with Crippen molar-refractivity contribution in [3.63, 3.8) is 0 Å². The van der Waals surface area contributed by atoms with Crippen molar-refractivity contribution in [2.75, 3.05) is 12.4 Å². The normalized spacial score (nSPS) is 18.1. The van der Waals surface area contributed by atoms with Crippen LogP contribution in [0, 0.1) is 6.92 Å². The Balaban J connectivity index is 1.46. The molecule has 1 aromatic carbocycles. The van der Waals surface area contributed by atoms with Crippen molar-refractivity contribution in [2.45, 2.75) is 84.4 Å². The Hall–Kier alpha value is -3.42. The Morgan fingerprint density at radius 3 is 2.47 bits per heavy atom. The Bertz CT molecular complexity index is 1230. The van der Waals surface area contributed by atoms with E-state index in [-0.39, 0.29) is 18.2 Å². The van der Waals surface area contributed by atoms with Crippen LogP contribution in [0.1, 0.15) is 64.6 Å². The smallest absolute Gasteiger partial charge is 0.407 e. The topological polar surface area (TPSA) is 98.3 Å². The minimum Gasteiger partial charge on any atom is -0.481 e. The highest BCUT2D eigenvalue weighted by atomic mass is 16.6. The van der Waals surface area contributed by atoms with Crippen LogP contribution < -0.4 is 15.4 Å². The van der Waals surface area contributed by atoms with E-state index in [9.17, 15) is 4.79 Å². The molecular weight excluding hydrogens is 454 g/mol. The molecule has 1 amide bonds. The van der Waals surface area contributed by atoms with Gasteiger partial charge in [0.25, 0.3) is 0 Å². The second-order valence-electron chi connectivity index (χ2n) is 10.5. The van der Waals surface area contributed by atoms with Gasteiger partial charge in [0.05, 0.1) is 12.6 Å². The molecule has 2 aromatic heterocycles. The van der Waals surface area contributed by atoms with Gasteiger partial charge in [0.15, 0.2) is 0 Å². The van der Waals surface area contributed by atoms with Crippen molar-refractivity contribution >= 4 is 22.9 Å². The van der Waals surface area contributed by atoms with Crippen LogP contribution in [-0.4, -0.2) is 45.8 Å². The zero-order valence-corrected chi connectivity index (χ0v) is 22.1. The van der Waals surface area contributed by atoms with Gasteiger partial charge in [-0.3, -0.25) is 0 Å². The minimum atomic E-state index is -0.489. The first-order valence-corrected chi connectivity index (χ1v) is 12.7. The number of rotatable bonds is 6. The fourth-order valence-corrected chi connectivity index (χ4v) is 4.66. The van der Waals surface area contributed by atoms with Crippen LogP contribution in [0.15, 0.2) is 30.5 Å². The molecule has 0 unspecified atom stereocenters. The molecule has 1 fully saturated rings. The number of pyridine rings is 1. The Morgan fingerprint density at radius 1 is 1.08 bits per heavy atom. The van der Waals surface area contributed by atoms with Gasteiger partial charge in [0.1, 0.15) is 5.60 Å². The summed E-state index contributed by atoms with van der Waals surface area (Å²) in [4.78, 5) is 26.1. The molecule has 2 heterocycles. The van der Waals surface area contributed by atoms with Crippen LogP contribution >= 0.6 is 0 Å². The number of aromatic nitrogens is 3. The van der Waals surface area contributed by atoms with Crippen LogP contribution in [0.3, 0.4) is 0 Å². The molecule has 1 saturated carbocycles. The van der Waals surface area contributed by atoms with Gasteiger partial charge in [0, 0.05) is 34.9 Å². The lowest BCUT2D eigenvalue weighted by Crippen LogP contribution is -2.42. The summed E-state index contributed by atoms with van der Waals surface area (Å²) in [7, 11) is 1.65. The summed E-state index contributed by atoms with van der Waals surface area (Å²) in [5, 5.41) is 7.50. The summed E-state index contributed by atoms with van der Waals surface area (Å²) in [6, 6.07) is 8.71. The predicted octanol–water partition coefficient (Wildman–Crippen LogP) is 5.82. The minimum absolute atomic E-state index is 0.133. The van der Waals surface area contributed by atoms with Crippen LogP contribution in [-0.2, 0) is 11.2 Å². The van der Waals surface area contributed by atoms with E-state index in [1.165, 1.54) is 0 Å². The fraction of sp³-hybridized carbons (Fsp3) is 0.500. The number of ether oxygens (including phenoxy) is 2. The second kappa shape index (κ2) is 10.7. The van der Waals surface area contributed by atoms with Crippen molar-refractivity contribution in [3.05, 3.63) is 41.7 Å². The molecule has 8 heteroatoms. The van der Waals surface area contributed by atoms with Gasteiger partial charge in [-0.15, -0.1) is 0 Å². The molecule has 0 radical (unpaired) electrons. The van der Waals surface area contributed by atoms with Crippen molar-refractivity contribution < 1.29 is 14.3 Å². The molecule has 36 heavy (non-hydrogen) atoms. The van der Waals surface area contributed by atoms with Crippen LogP contribution in [0.25, 0.3) is 22.0 Å². The standard InChI is InChI=1S/C28H37N5O3/c1-7-18-14-19(23-13-8-17(2)30-25(23)35-6)15-20-16-29-26(33-24(18)20)31-21-9-11-22(12-10-21)32-27(34)36-28(3,4)5/h8,13-16,21-22H,7,9-12H2,1-6H3,(H,32,34)(H,29,31,33)/t21-,22-. The quantitative estimate of drug-likeness (QED) is 0.448. The molecule has 3 aromatic rings. The van der Waals surface area contributed by atoms with Crippen molar-refractivity contribution in [2.24, 2.45) is 0 Å². The van der Waals surface area contributed by atoms with Crippen molar-refractivity contribution in [1.29, 1.82) is 0 Å². The van der Waals surface area contributed by atoms with Gasteiger partial charge < -0.3 is 20.1 Å². The monoisotopic (exact) mass is 491 g/mol. The van der Waals surface area contributed by atoms with E-state index in [4.69, 9.17) is 14.5 Å². The highest BCUT2D eigenvalue weighted by molar-refractivity contribution is 5.88. The first kappa shape index (κ1) is 25.7. The van der Waals surface area contributed by atoms with E-state index < -0.39 is 5.60 Å². The molecule has 0 saturated heterocycles. The summed E-state index contributed by atoms with van der Waals surface area (Å²) < 4.78 is 10.9. The maximum atomic E-state index is 12.1. The second-order valence-corrected chi connectivity index (χ2v) is 10.5. The lowest BCUT2D eigenvalue weighted by atomic mass is 9.91. The predicted molar refractivity (Wildman–Crippen MR) is 142 cm³/mol. The maximum Gasteiger partial charge on any atom is 0.407 e.